The van der Waals surface area contributed by atoms with Gasteiger partial charge in [0.05, 0.1) is 6.20 Å². The first-order valence-corrected chi connectivity index (χ1v) is 3.59. The molecule has 13 heavy (non-hydrogen) atoms. The van der Waals surface area contributed by atoms with E-state index in [9.17, 15) is 9.59 Å². The number of hydrogen-bond donors (Lipinski definition) is 4. The van der Waals surface area contributed by atoms with Crippen molar-refractivity contribution in [3.63, 3.8) is 0 Å². The number of aromatic nitrogens is 2. The molecule has 1 aliphatic heterocycles. The van der Waals surface area contributed by atoms with E-state index in [4.69, 9.17) is 5.73 Å². The van der Waals surface area contributed by atoms with Crippen LogP contribution in [0.1, 0.15) is 10.5 Å². The molecular formula is C6H7N5O2. The second-order valence-corrected chi connectivity index (χ2v) is 2.57. The lowest BCUT2D eigenvalue weighted by Gasteiger charge is -2.22. The number of carbonyl (C=O) groups excluding carboxylic acids is 1. The van der Waals surface area contributed by atoms with E-state index in [1.54, 1.807) is 0 Å². The van der Waals surface area contributed by atoms with Crippen LogP contribution in [0.4, 0.5) is 5.82 Å². The van der Waals surface area contributed by atoms with Crippen LogP contribution in [0.3, 0.4) is 0 Å². The lowest BCUT2D eigenvalue weighted by atomic mass is 10.3. The molecule has 0 saturated carbocycles. The lowest BCUT2D eigenvalue weighted by molar-refractivity contribution is 0.0931. The first-order chi connectivity index (χ1) is 6.16. The Morgan fingerprint density at radius 3 is 2.92 bits per heavy atom. The molecule has 0 radical (unpaired) electrons. The van der Waals surface area contributed by atoms with Crippen molar-refractivity contribution in [2.75, 3.05) is 5.32 Å². The molecule has 5 N–H and O–H groups in total. The monoisotopic (exact) mass is 181 g/mol. The summed E-state index contributed by atoms with van der Waals surface area (Å²) in [5, 5.41) is 5.06. The number of hydrogen-bond acceptors (Lipinski definition) is 5. The highest BCUT2D eigenvalue weighted by molar-refractivity contribution is 5.98. The summed E-state index contributed by atoms with van der Waals surface area (Å²) in [7, 11) is 0. The summed E-state index contributed by atoms with van der Waals surface area (Å²) in [6.45, 7) is 0. The maximum atomic E-state index is 11.2. The molecule has 1 aromatic rings. The fourth-order valence-electron chi connectivity index (χ4n) is 1.08. The van der Waals surface area contributed by atoms with E-state index in [1.165, 1.54) is 0 Å². The molecule has 2 heterocycles. The Balaban J connectivity index is 2.55. The van der Waals surface area contributed by atoms with Crippen molar-refractivity contribution in [1.29, 1.82) is 0 Å². The molecule has 0 fully saturated rings. The van der Waals surface area contributed by atoms with Gasteiger partial charge in [0, 0.05) is 0 Å². The summed E-state index contributed by atoms with van der Waals surface area (Å²) in [6.07, 6.45) is 0.344. The Morgan fingerprint density at radius 1 is 1.38 bits per heavy atom. The average molecular weight is 181 g/mol. The number of nitrogens with one attached hydrogen (secondary N) is 3. The predicted octanol–water partition coefficient (Wildman–Crippen LogP) is -1.83. The molecule has 0 aliphatic carbocycles. The largest absolute Gasteiger partial charge is 0.337 e. The molecule has 0 saturated heterocycles. The van der Waals surface area contributed by atoms with Gasteiger partial charge in [-0.05, 0) is 0 Å². The van der Waals surface area contributed by atoms with Gasteiger partial charge in [-0.1, -0.05) is 0 Å². The summed E-state index contributed by atoms with van der Waals surface area (Å²) < 4.78 is 0. The first-order valence-electron chi connectivity index (χ1n) is 3.59. The SMILES string of the molecule is NC1NC(=O)c2ncc(=O)[nH]c2N1. The lowest BCUT2D eigenvalue weighted by Crippen LogP contribution is -2.51. The van der Waals surface area contributed by atoms with Crippen LogP contribution in [0.15, 0.2) is 11.0 Å². The van der Waals surface area contributed by atoms with E-state index in [2.05, 4.69) is 20.6 Å². The third-order valence-electron chi connectivity index (χ3n) is 1.60. The molecule has 1 aliphatic rings. The summed E-state index contributed by atoms with van der Waals surface area (Å²) >= 11 is 0. The van der Waals surface area contributed by atoms with E-state index < -0.39 is 12.2 Å². The molecule has 1 unspecified atom stereocenters. The van der Waals surface area contributed by atoms with Crippen LogP contribution in [0, 0.1) is 0 Å². The zero-order valence-corrected chi connectivity index (χ0v) is 6.50. The number of rotatable bonds is 0. The third kappa shape index (κ3) is 1.25. The van der Waals surface area contributed by atoms with Gasteiger partial charge in [-0.15, -0.1) is 0 Å². The van der Waals surface area contributed by atoms with Gasteiger partial charge >= 0.3 is 0 Å². The van der Waals surface area contributed by atoms with E-state index in [-0.39, 0.29) is 17.1 Å². The molecule has 0 spiro atoms. The highest BCUT2D eigenvalue weighted by atomic mass is 16.2. The molecule has 68 valence electrons. The molecule has 7 heteroatoms. The van der Waals surface area contributed by atoms with Gasteiger partial charge in [-0.3, -0.25) is 15.3 Å². The van der Waals surface area contributed by atoms with Crippen LogP contribution in [0.25, 0.3) is 0 Å². The van der Waals surface area contributed by atoms with E-state index >= 15 is 0 Å². The minimum atomic E-state index is -0.695. The molecule has 1 aromatic heterocycles. The topological polar surface area (TPSA) is 113 Å². The van der Waals surface area contributed by atoms with Crippen LogP contribution in [0.5, 0.6) is 0 Å². The Bertz CT molecular complexity index is 412. The van der Waals surface area contributed by atoms with Crippen LogP contribution in [-0.4, -0.2) is 22.2 Å². The van der Waals surface area contributed by atoms with Gasteiger partial charge in [0.1, 0.15) is 5.82 Å². The highest BCUT2D eigenvalue weighted by Crippen LogP contribution is 2.10. The number of nitrogens with two attached hydrogens (primary N) is 1. The van der Waals surface area contributed by atoms with Gasteiger partial charge < -0.3 is 15.6 Å². The van der Waals surface area contributed by atoms with Crippen molar-refractivity contribution in [1.82, 2.24) is 15.3 Å². The number of H-pyrrole nitrogens is 1. The molecular weight excluding hydrogens is 174 g/mol. The Kier molecular flexibility index (Phi) is 1.52. The van der Waals surface area contributed by atoms with E-state index in [0.717, 1.165) is 6.20 Å². The van der Waals surface area contributed by atoms with Gasteiger partial charge in [-0.2, -0.15) is 0 Å². The minimum absolute atomic E-state index is 0.140. The number of aromatic amines is 1. The van der Waals surface area contributed by atoms with Crippen molar-refractivity contribution in [3.8, 4) is 0 Å². The number of carbonyl (C=O) groups is 1. The Hall–Kier alpha value is -1.89. The summed E-state index contributed by atoms with van der Waals surface area (Å²) in [6, 6.07) is 0. The first kappa shape index (κ1) is 7.74. The zero-order valence-electron chi connectivity index (χ0n) is 6.50. The average Bonchev–Trinajstić information content (AvgIpc) is 2.02. The standard InChI is InChI=1S/C6H7N5O2/c7-6-10-4-3(5(13)11-6)8-1-2(12)9-4/h1,6H,7H2,(H,11,13)(H2,9,10,12). The number of anilines is 1. The van der Waals surface area contributed by atoms with Crippen molar-refractivity contribution in [3.05, 3.63) is 22.2 Å². The molecule has 1 amide bonds. The minimum Gasteiger partial charge on any atom is -0.337 e. The Morgan fingerprint density at radius 2 is 2.15 bits per heavy atom. The van der Waals surface area contributed by atoms with Gasteiger partial charge in [0.25, 0.3) is 11.5 Å². The third-order valence-corrected chi connectivity index (χ3v) is 1.60. The van der Waals surface area contributed by atoms with Crippen molar-refractivity contribution < 1.29 is 4.79 Å². The highest BCUT2D eigenvalue weighted by Gasteiger charge is 2.22. The number of amides is 1. The predicted molar refractivity (Wildman–Crippen MR) is 43.9 cm³/mol. The van der Waals surface area contributed by atoms with E-state index in [0.29, 0.717) is 0 Å². The van der Waals surface area contributed by atoms with Crippen LogP contribution in [-0.2, 0) is 0 Å². The molecule has 0 aromatic carbocycles. The second-order valence-electron chi connectivity index (χ2n) is 2.57. The molecule has 1 atom stereocenters. The summed E-state index contributed by atoms with van der Waals surface area (Å²) in [5.74, 6) is -0.152. The second kappa shape index (κ2) is 2.56. The molecule has 7 nitrogen and oxygen atoms in total. The van der Waals surface area contributed by atoms with Crippen molar-refractivity contribution >= 4 is 11.7 Å². The van der Waals surface area contributed by atoms with Crippen LogP contribution >= 0.6 is 0 Å². The fraction of sp³-hybridized carbons (Fsp3) is 0.167. The van der Waals surface area contributed by atoms with Crippen molar-refractivity contribution in [2.24, 2.45) is 5.73 Å². The van der Waals surface area contributed by atoms with Crippen LogP contribution in [0.2, 0.25) is 0 Å². The fourth-order valence-corrected chi connectivity index (χ4v) is 1.08. The zero-order chi connectivity index (χ0) is 9.42. The van der Waals surface area contributed by atoms with Gasteiger partial charge in [0.15, 0.2) is 12.0 Å². The maximum Gasteiger partial charge on any atom is 0.276 e. The summed E-state index contributed by atoms with van der Waals surface area (Å²) in [4.78, 5) is 28.1. The van der Waals surface area contributed by atoms with E-state index in [1.807, 2.05) is 0 Å². The van der Waals surface area contributed by atoms with Gasteiger partial charge in [0.2, 0.25) is 0 Å². The van der Waals surface area contributed by atoms with Crippen molar-refractivity contribution in [2.45, 2.75) is 6.29 Å². The number of fused-ring (bicyclic) bond motifs is 1. The molecule has 0 bridgehead atoms. The Labute approximate surface area is 72.4 Å². The quantitative estimate of drug-likeness (QED) is 0.376. The summed E-state index contributed by atoms with van der Waals surface area (Å²) in [5.41, 5.74) is 5.16. The normalized spacial score (nSPS) is 20.1. The molecule has 2 rings (SSSR count). The smallest absolute Gasteiger partial charge is 0.276 e. The van der Waals surface area contributed by atoms with Crippen LogP contribution < -0.4 is 21.9 Å². The number of nitrogens with zero attached hydrogens (tertiary/aromatic N) is 1. The maximum absolute atomic E-state index is 11.2. The van der Waals surface area contributed by atoms with Gasteiger partial charge in [-0.25, -0.2) is 4.98 Å².